The highest BCUT2D eigenvalue weighted by molar-refractivity contribution is 5.12. The zero-order valence-corrected chi connectivity index (χ0v) is 7.55. The highest BCUT2D eigenvalue weighted by Crippen LogP contribution is 1.98. The molecular weight excluding hydrogens is 142 g/mol. The average molecular weight is 157 g/mol. The predicted molar refractivity (Wildman–Crippen MR) is 46.9 cm³/mol. The summed E-state index contributed by atoms with van der Waals surface area (Å²) in [6, 6.07) is 0. The Labute approximate surface area is 67.6 Å². The Balaban J connectivity index is 0. The molecule has 0 N–H and O–H groups in total. The van der Waals surface area contributed by atoms with Gasteiger partial charge >= 0.3 is 0 Å². The van der Waals surface area contributed by atoms with Gasteiger partial charge in [-0.25, -0.2) is 0 Å². The Hall–Kier alpha value is -1.12. The Kier molecular flexibility index (Phi) is 7.98. The molecule has 0 bridgehead atoms. The van der Waals surface area contributed by atoms with Crippen LogP contribution in [-0.2, 0) is 0 Å². The largest absolute Gasteiger partial charge is 0.259 e. The molecule has 64 valence electrons. The molecule has 0 saturated carbocycles. The van der Waals surface area contributed by atoms with Gasteiger partial charge in [-0.3, -0.25) is 10.1 Å². The van der Waals surface area contributed by atoms with E-state index in [1.165, 1.54) is 13.0 Å². The molecule has 0 aromatic carbocycles. The van der Waals surface area contributed by atoms with Gasteiger partial charge in [0.05, 0.1) is 4.92 Å². The number of rotatable bonds is 2. The van der Waals surface area contributed by atoms with E-state index in [4.69, 9.17) is 0 Å². The first-order valence-corrected chi connectivity index (χ1v) is 3.52. The summed E-state index contributed by atoms with van der Waals surface area (Å²) < 4.78 is 0. The summed E-state index contributed by atoms with van der Waals surface area (Å²) in [6.07, 6.45) is 1.43. The summed E-state index contributed by atoms with van der Waals surface area (Å²) in [5.74, 6) is 0. The molecule has 11 heavy (non-hydrogen) atoms. The van der Waals surface area contributed by atoms with E-state index in [1.54, 1.807) is 6.92 Å². The van der Waals surface area contributed by atoms with Gasteiger partial charge in [0.25, 0.3) is 0 Å². The summed E-state index contributed by atoms with van der Waals surface area (Å²) in [7, 11) is 0. The Morgan fingerprint density at radius 2 is 1.82 bits per heavy atom. The summed E-state index contributed by atoms with van der Waals surface area (Å²) in [4.78, 5) is 9.50. The van der Waals surface area contributed by atoms with Crippen LogP contribution in [0.1, 0.15) is 27.7 Å². The van der Waals surface area contributed by atoms with Crippen molar-refractivity contribution < 1.29 is 4.92 Å². The maximum absolute atomic E-state index is 9.93. The zero-order chi connectivity index (χ0) is 9.44. The van der Waals surface area contributed by atoms with Gasteiger partial charge in [-0.2, -0.15) is 0 Å². The fourth-order valence-electron chi connectivity index (χ4n) is 0.409. The first kappa shape index (κ1) is 12.5. The van der Waals surface area contributed by atoms with Gasteiger partial charge in [0.2, 0.25) is 5.70 Å². The molecule has 0 spiro atoms. The summed E-state index contributed by atoms with van der Waals surface area (Å²) in [6.45, 7) is 10.7. The second-order valence-corrected chi connectivity index (χ2v) is 1.89. The van der Waals surface area contributed by atoms with Crippen LogP contribution in [0, 0.1) is 10.1 Å². The van der Waals surface area contributed by atoms with E-state index in [9.17, 15) is 10.1 Å². The maximum Gasteiger partial charge on any atom is 0.243 e. The van der Waals surface area contributed by atoms with Crippen molar-refractivity contribution in [2.45, 2.75) is 27.7 Å². The normalized spacial score (nSPS) is 9.64. The first-order chi connectivity index (χ1) is 5.04. The van der Waals surface area contributed by atoms with Crippen molar-refractivity contribution in [2.75, 3.05) is 0 Å². The molecule has 0 unspecified atom stereocenters. The van der Waals surface area contributed by atoms with E-state index >= 15 is 0 Å². The van der Waals surface area contributed by atoms with E-state index in [2.05, 4.69) is 6.58 Å². The van der Waals surface area contributed by atoms with Crippen LogP contribution in [0.5, 0.6) is 0 Å². The van der Waals surface area contributed by atoms with Crippen LogP contribution in [0.25, 0.3) is 0 Å². The van der Waals surface area contributed by atoms with Crippen molar-refractivity contribution >= 4 is 0 Å². The lowest BCUT2D eigenvalue weighted by Crippen LogP contribution is -1.92. The molecule has 0 radical (unpaired) electrons. The van der Waals surface area contributed by atoms with Crippen LogP contribution in [-0.4, -0.2) is 4.92 Å². The third-order valence-electron chi connectivity index (χ3n) is 0.743. The summed E-state index contributed by atoms with van der Waals surface area (Å²) in [5, 5.41) is 9.93. The SMILES string of the molecule is C=C(C)/C=C(\C)[N+](=O)[O-].CC. The van der Waals surface area contributed by atoms with E-state index < -0.39 is 4.92 Å². The fourth-order valence-corrected chi connectivity index (χ4v) is 0.409. The molecular formula is C8H15NO2. The molecule has 0 aliphatic carbocycles. The molecule has 0 atom stereocenters. The lowest BCUT2D eigenvalue weighted by atomic mass is 10.3. The minimum Gasteiger partial charge on any atom is -0.259 e. The minimum absolute atomic E-state index is 0.127. The Bertz CT molecular complexity index is 171. The zero-order valence-electron chi connectivity index (χ0n) is 7.55. The molecule has 0 fully saturated rings. The molecule has 3 nitrogen and oxygen atoms in total. The molecule has 0 aromatic heterocycles. The maximum atomic E-state index is 9.93. The van der Waals surface area contributed by atoms with Crippen molar-refractivity contribution in [3.05, 3.63) is 34.0 Å². The van der Waals surface area contributed by atoms with Crippen molar-refractivity contribution in [1.29, 1.82) is 0 Å². The smallest absolute Gasteiger partial charge is 0.243 e. The fraction of sp³-hybridized carbons (Fsp3) is 0.500. The van der Waals surface area contributed by atoms with Gasteiger partial charge in [-0.15, -0.1) is 0 Å². The summed E-state index contributed by atoms with van der Waals surface area (Å²) in [5.41, 5.74) is 0.826. The van der Waals surface area contributed by atoms with Gasteiger partial charge in [-0.05, 0) is 6.92 Å². The van der Waals surface area contributed by atoms with Gasteiger partial charge < -0.3 is 0 Å². The van der Waals surface area contributed by atoms with Crippen LogP contribution in [0.2, 0.25) is 0 Å². The number of nitrogens with zero attached hydrogens (tertiary/aromatic N) is 1. The molecule has 0 amide bonds. The van der Waals surface area contributed by atoms with E-state index in [0.29, 0.717) is 5.57 Å². The van der Waals surface area contributed by atoms with Crippen LogP contribution >= 0.6 is 0 Å². The standard InChI is InChI=1S/C6H9NO2.C2H6/c1-5(2)4-6(3)7(8)9;1-2/h4H,1H2,2-3H3;1-2H3/b6-4+;. The van der Waals surface area contributed by atoms with Gasteiger partial charge in [0.1, 0.15) is 0 Å². The van der Waals surface area contributed by atoms with Crippen LogP contribution in [0.4, 0.5) is 0 Å². The van der Waals surface area contributed by atoms with E-state index in [1.807, 2.05) is 13.8 Å². The molecule has 0 rings (SSSR count). The lowest BCUT2D eigenvalue weighted by Gasteiger charge is -1.87. The molecule has 0 aliphatic rings. The number of hydrogen-bond acceptors (Lipinski definition) is 2. The van der Waals surface area contributed by atoms with Gasteiger partial charge in [-0.1, -0.05) is 26.0 Å². The van der Waals surface area contributed by atoms with Gasteiger partial charge in [0, 0.05) is 13.0 Å². The number of allylic oxidation sites excluding steroid dienone is 3. The Morgan fingerprint density at radius 1 is 1.45 bits per heavy atom. The molecule has 0 aromatic rings. The number of hydrogen-bond donors (Lipinski definition) is 0. The van der Waals surface area contributed by atoms with Crippen LogP contribution in [0.15, 0.2) is 23.9 Å². The van der Waals surface area contributed by atoms with E-state index in [0.717, 1.165) is 0 Å². The topological polar surface area (TPSA) is 43.1 Å². The summed E-state index contributed by atoms with van der Waals surface area (Å²) >= 11 is 0. The highest BCUT2D eigenvalue weighted by Gasteiger charge is 1.98. The quantitative estimate of drug-likeness (QED) is 0.351. The second kappa shape index (κ2) is 6.99. The third kappa shape index (κ3) is 8.88. The number of nitro groups is 1. The second-order valence-electron chi connectivity index (χ2n) is 1.89. The van der Waals surface area contributed by atoms with Crippen molar-refractivity contribution in [1.82, 2.24) is 0 Å². The molecule has 3 heteroatoms. The first-order valence-electron chi connectivity index (χ1n) is 3.52. The van der Waals surface area contributed by atoms with Gasteiger partial charge in [0.15, 0.2) is 0 Å². The molecule has 0 heterocycles. The highest BCUT2D eigenvalue weighted by atomic mass is 16.6. The lowest BCUT2D eigenvalue weighted by molar-refractivity contribution is -0.424. The average Bonchev–Trinajstić information content (AvgIpc) is 1.90. The monoisotopic (exact) mass is 157 g/mol. The van der Waals surface area contributed by atoms with E-state index in [-0.39, 0.29) is 5.70 Å². The van der Waals surface area contributed by atoms with Crippen molar-refractivity contribution in [3.63, 3.8) is 0 Å². The predicted octanol–water partition coefficient (Wildman–Crippen LogP) is 2.77. The van der Waals surface area contributed by atoms with Crippen molar-refractivity contribution in [2.24, 2.45) is 0 Å². The minimum atomic E-state index is -0.436. The Morgan fingerprint density at radius 3 is 1.91 bits per heavy atom. The van der Waals surface area contributed by atoms with Crippen molar-refractivity contribution in [3.8, 4) is 0 Å². The molecule has 0 aliphatic heterocycles. The van der Waals surface area contributed by atoms with Crippen LogP contribution < -0.4 is 0 Å². The molecule has 0 saturated heterocycles. The third-order valence-corrected chi connectivity index (χ3v) is 0.743. The van der Waals surface area contributed by atoms with Crippen LogP contribution in [0.3, 0.4) is 0 Å².